The Bertz CT molecular complexity index is 603. The van der Waals surface area contributed by atoms with Crippen molar-refractivity contribution in [1.82, 2.24) is 14.9 Å². The molecular weight excluding hydrogens is 270 g/mol. The van der Waals surface area contributed by atoms with Gasteiger partial charge in [-0.05, 0) is 42.7 Å². The van der Waals surface area contributed by atoms with Gasteiger partial charge in [0.25, 0.3) is 0 Å². The zero-order valence-electron chi connectivity index (χ0n) is 11.8. The van der Waals surface area contributed by atoms with E-state index in [1.807, 2.05) is 30.7 Å². The Morgan fingerprint density at radius 3 is 3.20 bits per heavy atom. The van der Waals surface area contributed by atoms with Crippen LogP contribution in [0.4, 0.5) is 0 Å². The van der Waals surface area contributed by atoms with E-state index in [-0.39, 0.29) is 17.9 Å². The van der Waals surface area contributed by atoms with E-state index in [1.54, 1.807) is 11.3 Å². The summed E-state index contributed by atoms with van der Waals surface area (Å²) in [6, 6.07) is 2.23. The molecule has 1 aliphatic rings. The number of carbonyl (C=O) groups is 1. The summed E-state index contributed by atoms with van der Waals surface area (Å²) in [6.07, 6.45) is 3.97. The Labute approximate surface area is 122 Å². The fourth-order valence-electron chi connectivity index (χ4n) is 2.70. The van der Waals surface area contributed by atoms with Crippen LogP contribution >= 0.6 is 11.3 Å². The molecule has 2 aromatic heterocycles. The first-order valence-corrected chi connectivity index (χ1v) is 7.93. The van der Waals surface area contributed by atoms with Crippen LogP contribution in [0, 0.1) is 6.92 Å². The molecule has 20 heavy (non-hydrogen) atoms. The average molecular weight is 289 g/mol. The Morgan fingerprint density at radius 1 is 1.60 bits per heavy atom. The lowest BCUT2D eigenvalue weighted by Crippen LogP contribution is -2.42. The standard InChI is InChI=1S/C15H19N3OS/c1-10-7-18-8-13(3-4-14(18)16-10)17-15(19)11(2)12-5-6-20-9-12/h5-7,9,11,13H,3-4,8H2,1-2H3,(H,17,19)/t11-,13-/m0/s1. The Morgan fingerprint density at radius 2 is 2.45 bits per heavy atom. The van der Waals surface area contributed by atoms with E-state index in [1.165, 1.54) is 0 Å². The Balaban J connectivity index is 1.63. The van der Waals surface area contributed by atoms with Gasteiger partial charge in [0.1, 0.15) is 5.82 Å². The van der Waals surface area contributed by atoms with Crippen LogP contribution in [0.2, 0.25) is 0 Å². The van der Waals surface area contributed by atoms with Crippen LogP contribution in [0.3, 0.4) is 0 Å². The average Bonchev–Trinajstić information content (AvgIpc) is 3.05. The quantitative estimate of drug-likeness (QED) is 0.943. The number of nitrogens with one attached hydrogen (secondary N) is 1. The van der Waals surface area contributed by atoms with E-state index >= 15 is 0 Å². The summed E-state index contributed by atoms with van der Waals surface area (Å²) in [5.74, 6) is 1.18. The molecule has 106 valence electrons. The molecule has 0 saturated heterocycles. The summed E-state index contributed by atoms with van der Waals surface area (Å²) >= 11 is 1.63. The SMILES string of the molecule is Cc1cn2c(n1)CC[C@H](NC(=O)[C@@H](C)c1ccsc1)C2. The number of thiophene rings is 1. The lowest BCUT2D eigenvalue weighted by Gasteiger charge is -2.26. The summed E-state index contributed by atoms with van der Waals surface area (Å²) < 4.78 is 2.17. The highest BCUT2D eigenvalue weighted by Gasteiger charge is 2.23. The minimum Gasteiger partial charge on any atom is -0.351 e. The van der Waals surface area contributed by atoms with Crippen LogP contribution in [0.5, 0.6) is 0 Å². The number of hydrogen-bond donors (Lipinski definition) is 1. The maximum atomic E-state index is 12.3. The number of rotatable bonds is 3. The number of carbonyl (C=O) groups excluding carboxylic acids is 1. The lowest BCUT2D eigenvalue weighted by molar-refractivity contribution is -0.123. The summed E-state index contributed by atoms with van der Waals surface area (Å²) in [4.78, 5) is 16.8. The normalized spacial score (nSPS) is 19.4. The molecule has 1 amide bonds. The fraction of sp³-hybridized carbons (Fsp3) is 0.467. The molecule has 5 heteroatoms. The first kappa shape index (κ1) is 13.4. The number of aryl methyl sites for hydroxylation is 2. The van der Waals surface area contributed by atoms with E-state index in [9.17, 15) is 4.79 Å². The number of aromatic nitrogens is 2. The van der Waals surface area contributed by atoms with Crippen molar-refractivity contribution in [2.75, 3.05) is 0 Å². The molecule has 0 spiro atoms. The van der Waals surface area contributed by atoms with Gasteiger partial charge in [0, 0.05) is 25.2 Å². The highest BCUT2D eigenvalue weighted by atomic mass is 32.1. The van der Waals surface area contributed by atoms with Gasteiger partial charge < -0.3 is 9.88 Å². The maximum Gasteiger partial charge on any atom is 0.227 e. The number of hydrogen-bond acceptors (Lipinski definition) is 3. The second-order valence-corrected chi connectivity index (χ2v) is 6.25. The molecule has 3 rings (SSSR count). The molecule has 0 aliphatic carbocycles. The molecule has 0 fully saturated rings. The predicted octanol–water partition coefficient (Wildman–Crippen LogP) is 2.49. The molecule has 0 aromatic carbocycles. The summed E-state index contributed by atoms with van der Waals surface area (Å²) in [6.45, 7) is 4.81. The molecule has 2 aromatic rings. The molecule has 0 bridgehead atoms. The zero-order valence-corrected chi connectivity index (χ0v) is 12.6. The predicted molar refractivity (Wildman–Crippen MR) is 79.9 cm³/mol. The van der Waals surface area contributed by atoms with E-state index in [2.05, 4.69) is 21.1 Å². The van der Waals surface area contributed by atoms with Crippen molar-refractivity contribution in [3.8, 4) is 0 Å². The van der Waals surface area contributed by atoms with Crippen LogP contribution < -0.4 is 5.32 Å². The van der Waals surface area contributed by atoms with Crippen molar-refractivity contribution < 1.29 is 4.79 Å². The van der Waals surface area contributed by atoms with E-state index in [4.69, 9.17) is 0 Å². The van der Waals surface area contributed by atoms with Gasteiger partial charge in [0.15, 0.2) is 0 Å². The topological polar surface area (TPSA) is 46.9 Å². The molecule has 0 saturated carbocycles. The van der Waals surface area contributed by atoms with Gasteiger partial charge >= 0.3 is 0 Å². The Hall–Kier alpha value is -1.62. The minimum absolute atomic E-state index is 0.0767. The zero-order chi connectivity index (χ0) is 14.1. The van der Waals surface area contributed by atoms with Gasteiger partial charge in [-0.25, -0.2) is 4.98 Å². The third-order valence-corrected chi connectivity index (χ3v) is 4.60. The monoisotopic (exact) mass is 289 g/mol. The van der Waals surface area contributed by atoms with Crippen LogP contribution in [-0.2, 0) is 17.8 Å². The minimum atomic E-state index is -0.0767. The first-order chi connectivity index (χ1) is 9.63. The molecule has 0 radical (unpaired) electrons. The first-order valence-electron chi connectivity index (χ1n) is 6.98. The van der Waals surface area contributed by atoms with Crippen LogP contribution in [-0.4, -0.2) is 21.5 Å². The summed E-state index contributed by atoms with van der Waals surface area (Å²) in [7, 11) is 0. The van der Waals surface area contributed by atoms with Gasteiger partial charge in [0.05, 0.1) is 11.6 Å². The van der Waals surface area contributed by atoms with Gasteiger partial charge in [0.2, 0.25) is 5.91 Å². The molecule has 1 aliphatic heterocycles. The number of amides is 1. The van der Waals surface area contributed by atoms with Gasteiger partial charge in [-0.15, -0.1) is 0 Å². The molecule has 0 unspecified atom stereocenters. The number of fused-ring (bicyclic) bond motifs is 1. The van der Waals surface area contributed by atoms with Crippen LogP contribution in [0.1, 0.15) is 36.3 Å². The second-order valence-electron chi connectivity index (χ2n) is 5.47. The highest BCUT2D eigenvalue weighted by Crippen LogP contribution is 2.20. The van der Waals surface area contributed by atoms with Crippen LogP contribution in [0.15, 0.2) is 23.0 Å². The van der Waals surface area contributed by atoms with Crippen molar-refractivity contribution in [3.63, 3.8) is 0 Å². The molecule has 2 atom stereocenters. The summed E-state index contributed by atoms with van der Waals surface area (Å²) in [5, 5.41) is 7.23. The largest absolute Gasteiger partial charge is 0.351 e. The Kier molecular flexibility index (Phi) is 3.61. The van der Waals surface area contributed by atoms with E-state index < -0.39 is 0 Å². The number of nitrogens with zero attached hydrogens (tertiary/aromatic N) is 2. The molecule has 4 nitrogen and oxygen atoms in total. The second kappa shape index (κ2) is 5.40. The lowest BCUT2D eigenvalue weighted by atomic mass is 10.0. The molecule has 1 N–H and O–H groups in total. The summed E-state index contributed by atoms with van der Waals surface area (Å²) in [5.41, 5.74) is 2.15. The van der Waals surface area contributed by atoms with E-state index in [0.717, 1.165) is 36.5 Å². The fourth-order valence-corrected chi connectivity index (χ4v) is 3.46. The molecular formula is C15H19N3OS. The third-order valence-electron chi connectivity index (χ3n) is 3.90. The van der Waals surface area contributed by atoms with Crippen molar-refractivity contribution in [2.45, 2.75) is 45.2 Å². The van der Waals surface area contributed by atoms with Crippen molar-refractivity contribution in [3.05, 3.63) is 40.1 Å². The van der Waals surface area contributed by atoms with E-state index in [0.29, 0.717) is 0 Å². The van der Waals surface area contributed by atoms with Crippen molar-refractivity contribution in [2.24, 2.45) is 0 Å². The highest BCUT2D eigenvalue weighted by molar-refractivity contribution is 7.08. The van der Waals surface area contributed by atoms with Crippen molar-refractivity contribution in [1.29, 1.82) is 0 Å². The van der Waals surface area contributed by atoms with Gasteiger partial charge in [-0.3, -0.25) is 4.79 Å². The third kappa shape index (κ3) is 2.63. The van der Waals surface area contributed by atoms with Gasteiger partial charge in [-0.2, -0.15) is 11.3 Å². The van der Waals surface area contributed by atoms with Crippen LogP contribution in [0.25, 0.3) is 0 Å². The van der Waals surface area contributed by atoms with Gasteiger partial charge in [-0.1, -0.05) is 0 Å². The smallest absolute Gasteiger partial charge is 0.227 e. The number of imidazole rings is 1. The maximum absolute atomic E-state index is 12.3. The van der Waals surface area contributed by atoms with Crippen molar-refractivity contribution >= 4 is 17.2 Å². The molecule has 3 heterocycles.